The number of hydrogen-bond donors (Lipinski definition) is 1. The minimum absolute atomic E-state index is 0.00531. The Kier molecular flexibility index (Phi) is 3.82. The highest BCUT2D eigenvalue weighted by Gasteiger charge is 2.03. The molecule has 0 amide bonds. The van der Waals surface area contributed by atoms with E-state index in [1.807, 2.05) is 0 Å². The van der Waals surface area contributed by atoms with Crippen LogP contribution >= 0.6 is 0 Å². The first-order chi connectivity index (χ1) is 9.15. The second-order valence-electron chi connectivity index (χ2n) is 3.73. The van der Waals surface area contributed by atoms with E-state index >= 15 is 0 Å². The third kappa shape index (κ3) is 3.60. The van der Waals surface area contributed by atoms with Crippen LogP contribution in [0.3, 0.4) is 0 Å². The molecule has 2 rings (SSSR count). The van der Waals surface area contributed by atoms with Gasteiger partial charge in [-0.15, -0.1) is 0 Å². The first-order valence-corrected chi connectivity index (χ1v) is 5.44. The Labute approximate surface area is 108 Å². The fourth-order valence-electron chi connectivity index (χ4n) is 1.42. The summed E-state index contributed by atoms with van der Waals surface area (Å²) in [5.41, 5.74) is 3.94. The highest BCUT2D eigenvalue weighted by atomic mass is 19.1. The molecule has 0 saturated carbocycles. The van der Waals surface area contributed by atoms with Gasteiger partial charge in [0.1, 0.15) is 5.82 Å². The number of nitrogens with zero attached hydrogens (tertiary/aromatic N) is 2. The first kappa shape index (κ1) is 12.7. The van der Waals surface area contributed by atoms with Gasteiger partial charge in [-0.25, -0.2) is 4.39 Å². The minimum atomic E-state index is -0.468. The number of non-ortho nitro benzene ring substituents is 1. The topological polar surface area (TPSA) is 67.5 Å². The zero-order valence-electron chi connectivity index (χ0n) is 9.79. The van der Waals surface area contributed by atoms with Gasteiger partial charge in [0.2, 0.25) is 0 Å². The average Bonchev–Trinajstić information content (AvgIpc) is 2.41. The average molecular weight is 259 g/mol. The molecule has 1 N–H and O–H groups in total. The number of hydrogen-bond acceptors (Lipinski definition) is 4. The first-order valence-electron chi connectivity index (χ1n) is 5.44. The van der Waals surface area contributed by atoms with Gasteiger partial charge in [-0.05, 0) is 24.3 Å². The van der Waals surface area contributed by atoms with Gasteiger partial charge in [0.05, 0.1) is 16.8 Å². The lowest BCUT2D eigenvalue weighted by atomic mass is 10.2. The molecule has 0 aromatic heterocycles. The Morgan fingerprint density at radius 2 is 1.95 bits per heavy atom. The number of anilines is 1. The summed E-state index contributed by atoms with van der Waals surface area (Å²) in [6.07, 6.45) is 1.45. The summed E-state index contributed by atoms with van der Waals surface area (Å²) in [6.45, 7) is 0. The SMILES string of the molecule is O=[N+]([O-])c1cccc(/C=N/Nc2ccc(F)cc2)c1. The van der Waals surface area contributed by atoms with E-state index in [1.54, 1.807) is 24.3 Å². The van der Waals surface area contributed by atoms with Gasteiger partial charge in [0, 0.05) is 17.7 Å². The van der Waals surface area contributed by atoms with Crippen LogP contribution in [0.25, 0.3) is 0 Å². The van der Waals surface area contributed by atoms with Crippen LogP contribution in [-0.2, 0) is 0 Å². The normalized spacial score (nSPS) is 10.6. The van der Waals surface area contributed by atoms with E-state index in [9.17, 15) is 14.5 Å². The Hall–Kier alpha value is -2.76. The molecule has 19 heavy (non-hydrogen) atoms. The van der Waals surface area contributed by atoms with Crippen LogP contribution in [0.15, 0.2) is 53.6 Å². The summed E-state index contributed by atoms with van der Waals surface area (Å²) < 4.78 is 12.7. The molecule has 0 radical (unpaired) electrons. The molecule has 0 bridgehead atoms. The van der Waals surface area contributed by atoms with Gasteiger partial charge in [-0.3, -0.25) is 15.5 Å². The van der Waals surface area contributed by atoms with E-state index in [0.717, 1.165) is 0 Å². The largest absolute Gasteiger partial charge is 0.279 e. The molecule has 0 aliphatic heterocycles. The van der Waals surface area contributed by atoms with Crippen LogP contribution < -0.4 is 5.43 Å². The maximum atomic E-state index is 12.7. The standard InChI is InChI=1S/C13H10FN3O2/c14-11-4-6-12(7-5-11)16-15-9-10-2-1-3-13(8-10)17(18)19/h1-9,16H/b15-9+. The molecule has 6 heteroatoms. The van der Waals surface area contributed by atoms with Crippen molar-refractivity contribution >= 4 is 17.6 Å². The Morgan fingerprint density at radius 3 is 2.63 bits per heavy atom. The van der Waals surface area contributed by atoms with Gasteiger partial charge in [0.25, 0.3) is 5.69 Å². The summed E-state index contributed by atoms with van der Waals surface area (Å²) >= 11 is 0. The maximum absolute atomic E-state index is 12.7. The van der Waals surface area contributed by atoms with Crippen molar-refractivity contribution in [3.63, 3.8) is 0 Å². The van der Waals surface area contributed by atoms with E-state index in [-0.39, 0.29) is 11.5 Å². The predicted molar refractivity (Wildman–Crippen MR) is 70.7 cm³/mol. The van der Waals surface area contributed by atoms with Crippen molar-refractivity contribution in [3.05, 3.63) is 70.0 Å². The van der Waals surface area contributed by atoms with Gasteiger partial charge in [-0.2, -0.15) is 5.10 Å². The van der Waals surface area contributed by atoms with Crippen LogP contribution in [0.5, 0.6) is 0 Å². The van der Waals surface area contributed by atoms with Gasteiger partial charge < -0.3 is 0 Å². The molecule has 0 spiro atoms. The molecule has 0 aliphatic carbocycles. The van der Waals surface area contributed by atoms with E-state index in [0.29, 0.717) is 11.3 Å². The summed E-state index contributed by atoms with van der Waals surface area (Å²) in [5.74, 6) is -0.326. The highest BCUT2D eigenvalue weighted by molar-refractivity contribution is 5.81. The molecule has 96 valence electrons. The number of halogens is 1. The molecular weight excluding hydrogens is 249 g/mol. The Balaban J connectivity index is 2.04. The molecule has 0 unspecified atom stereocenters. The fourth-order valence-corrected chi connectivity index (χ4v) is 1.42. The predicted octanol–water partition coefficient (Wildman–Crippen LogP) is 3.18. The number of hydrazone groups is 1. The lowest BCUT2D eigenvalue weighted by Crippen LogP contribution is -1.92. The second kappa shape index (κ2) is 5.72. The second-order valence-corrected chi connectivity index (χ2v) is 3.73. The monoisotopic (exact) mass is 259 g/mol. The van der Waals surface area contributed by atoms with Crippen LogP contribution in [0.2, 0.25) is 0 Å². The Morgan fingerprint density at radius 1 is 1.21 bits per heavy atom. The summed E-state index contributed by atoms with van der Waals surface area (Å²) in [4.78, 5) is 10.1. The van der Waals surface area contributed by atoms with Crippen molar-refractivity contribution in [1.29, 1.82) is 0 Å². The number of nitrogens with one attached hydrogen (secondary N) is 1. The number of nitro benzene ring substituents is 1. The van der Waals surface area contributed by atoms with E-state index in [1.165, 1.54) is 30.5 Å². The third-order valence-corrected chi connectivity index (χ3v) is 2.33. The van der Waals surface area contributed by atoms with E-state index in [4.69, 9.17) is 0 Å². The Bertz CT molecular complexity index is 612. The number of rotatable bonds is 4. The maximum Gasteiger partial charge on any atom is 0.270 e. The number of nitro groups is 1. The molecule has 2 aromatic carbocycles. The molecule has 0 aliphatic rings. The molecule has 0 atom stereocenters. The zero-order valence-corrected chi connectivity index (χ0v) is 9.79. The van der Waals surface area contributed by atoms with Crippen LogP contribution in [0.4, 0.5) is 15.8 Å². The molecular formula is C13H10FN3O2. The molecule has 0 heterocycles. The lowest BCUT2D eigenvalue weighted by Gasteiger charge is -1.99. The smallest absolute Gasteiger partial charge is 0.270 e. The quantitative estimate of drug-likeness (QED) is 0.521. The summed E-state index contributed by atoms with van der Waals surface area (Å²) in [7, 11) is 0. The molecule has 2 aromatic rings. The molecule has 5 nitrogen and oxygen atoms in total. The van der Waals surface area contributed by atoms with Crippen molar-refractivity contribution in [1.82, 2.24) is 0 Å². The molecule has 0 fully saturated rings. The lowest BCUT2D eigenvalue weighted by molar-refractivity contribution is -0.384. The van der Waals surface area contributed by atoms with E-state index < -0.39 is 4.92 Å². The minimum Gasteiger partial charge on any atom is -0.279 e. The van der Waals surface area contributed by atoms with Crippen LogP contribution in [0.1, 0.15) is 5.56 Å². The van der Waals surface area contributed by atoms with Crippen molar-refractivity contribution in [3.8, 4) is 0 Å². The van der Waals surface area contributed by atoms with Gasteiger partial charge in [-0.1, -0.05) is 12.1 Å². The van der Waals surface area contributed by atoms with E-state index in [2.05, 4.69) is 10.5 Å². The fraction of sp³-hybridized carbons (Fsp3) is 0. The summed E-state index contributed by atoms with van der Waals surface area (Å²) in [5, 5.41) is 14.5. The zero-order chi connectivity index (χ0) is 13.7. The van der Waals surface area contributed by atoms with Gasteiger partial charge >= 0.3 is 0 Å². The van der Waals surface area contributed by atoms with Crippen molar-refractivity contribution in [2.24, 2.45) is 5.10 Å². The molecule has 0 saturated heterocycles. The van der Waals surface area contributed by atoms with Gasteiger partial charge in [0.15, 0.2) is 0 Å². The van der Waals surface area contributed by atoms with Crippen LogP contribution in [0, 0.1) is 15.9 Å². The summed E-state index contributed by atoms with van der Waals surface area (Å²) in [6, 6.07) is 11.8. The van der Waals surface area contributed by atoms with Crippen molar-refractivity contribution < 1.29 is 9.31 Å². The number of benzene rings is 2. The highest BCUT2D eigenvalue weighted by Crippen LogP contribution is 2.12. The van der Waals surface area contributed by atoms with Crippen molar-refractivity contribution in [2.45, 2.75) is 0 Å². The van der Waals surface area contributed by atoms with Crippen molar-refractivity contribution in [2.75, 3.05) is 5.43 Å². The third-order valence-electron chi connectivity index (χ3n) is 2.33. The van der Waals surface area contributed by atoms with Crippen LogP contribution in [-0.4, -0.2) is 11.1 Å².